The Morgan fingerprint density at radius 2 is 2.52 bits per heavy atom. The highest BCUT2D eigenvalue weighted by Crippen LogP contribution is 2.19. The van der Waals surface area contributed by atoms with Crippen LogP contribution in [0.5, 0.6) is 0 Å². The van der Waals surface area contributed by atoms with Crippen molar-refractivity contribution in [3.8, 4) is 0 Å². The molecule has 0 spiro atoms. The van der Waals surface area contributed by atoms with E-state index in [0.29, 0.717) is 31.9 Å². The van der Waals surface area contributed by atoms with Gasteiger partial charge in [0.1, 0.15) is 0 Å². The Balaban J connectivity index is 1.91. The van der Waals surface area contributed by atoms with Crippen molar-refractivity contribution in [2.45, 2.75) is 19.0 Å². The van der Waals surface area contributed by atoms with Gasteiger partial charge in [0.25, 0.3) is 0 Å². The molecule has 0 saturated carbocycles. The Hall–Kier alpha value is -1.25. The Labute approximate surface area is 128 Å². The van der Waals surface area contributed by atoms with Crippen LogP contribution >= 0.6 is 11.8 Å². The number of methoxy groups -OCH3 is 1. The normalized spacial score (nSPS) is 18.8. The number of aromatic nitrogens is 2. The zero-order valence-corrected chi connectivity index (χ0v) is 13.0. The lowest BCUT2D eigenvalue weighted by molar-refractivity contribution is 0.177. The number of ether oxygens (including phenoxy) is 1. The molecule has 1 aliphatic rings. The second kappa shape index (κ2) is 8.26. The average molecular weight is 314 g/mol. The zero-order chi connectivity index (χ0) is 15.1. The first-order valence-corrected chi connectivity index (χ1v) is 8.18. The van der Waals surface area contributed by atoms with Crippen LogP contribution < -0.4 is 5.32 Å². The third-order valence-electron chi connectivity index (χ3n) is 3.35. The van der Waals surface area contributed by atoms with Crippen molar-refractivity contribution in [1.82, 2.24) is 14.7 Å². The number of rotatable bonds is 6. The number of carbonyl (C=O) groups is 1. The molecular weight excluding hydrogens is 292 g/mol. The van der Waals surface area contributed by atoms with Gasteiger partial charge in [-0.2, -0.15) is 16.9 Å². The highest BCUT2D eigenvalue weighted by atomic mass is 32.2. The largest absolute Gasteiger partial charge is 0.396 e. The average Bonchev–Trinajstić information content (AvgIpc) is 2.93. The second-order valence-corrected chi connectivity index (χ2v) is 5.97. The number of aliphatic hydroxyl groups is 1. The number of hydrogen-bond donors (Lipinski definition) is 2. The third-order valence-corrected chi connectivity index (χ3v) is 4.44. The maximum absolute atomic E-state index is 12.3. The van der Waals surface area contributed by atoms with Crippen molar-refractivity contribution in [3.05, 3.63) is 12.3 Å². The standard InChI is InChI=1S/C13H22N4O3S/c1-20-8-5-16-4-2-12(15-16)14-13(19)17-6-9-21-10-11(17)3-7-18/h2,4,11,18H,3,5-10H2,1H3,(H,14,15,19)/t11-/m1/s1. The Kier molecular flexibility index (Phi) is 6.34. The summed E-state index contributed by atoms with van der Waals surface area (Å²) in [4.78, 5) is 14.1. The molecule has 1 fully saturated rings. The van der Waals surface area contributed by atoms with Crippen LogP contribution in [0.4, 0.5) is 10.6 Å². The van der Waals surface area contributed by atoms with Crippen molar-refractivity contribution in [1.29, 1.82) is 0 Å². The van der Waals surface area contributed by atoms with Crippen molar-refractivity contribution in [2.24, 2.45) is 0 Å². The predicted molar refractivity (Wildman–Crippen MR) is 82.6 cm³/mol. The molecule has 7 nitrogen and oxygen atoms in total. The monoisotopic (exact) mass is 314 g/mol. The third kappa shape index (κ3) is 4.62. The Bertz CT molecular complexity index is 452. The van der Waals surface area contributed by atoms with Crippen LogP contribution in [-0.2, 0) is 11.3 Å². The lowest BCUT2D eigenvalue weighted by Gasteiger charge is -2.34. The van der Waals surface area contributed by atoms with Crippen molar-refractivity contribution >= 4 is 23.6 Å². The van der Waals surface area contributed by atoms with Gasteiger partial charge in [0.05, 0.1) is 13.2 Å². The van der Waals surface area contributed by atoms with E-state index in [1.807, 2.05) is 18.0 Å². The molecule has 1 aromatic rings. The van der Waals surface area contributed by atoms with E-state index in [0.717, 1.165) is 11.5 Å². The van der Waals surface area contributed by atoms with E-state index < -0.39 is 0 Å². The number of thioether (sulfide) groups is 1. The summed E-state index contributed by atoms with van der Waals surface area (Å²) in [7, 11) is 1.64. The van der Waals surface area contributed by atoms with Crippen LogP contribution in [0.25, 0.3) is 0 Å². The van der Waals surface area contributed by atoms with Crippen LogP contribution in [0.2, 0.25) is 0 Å². The number of anilines is 1. The van der Waals surface area contributed by atoms with Gasteiger partial charge in [0.2, 0.25) is 0 Å². The fourth-order valence-corrected chi connectivity index (χ4v) is 3.34. The zero-order valence-electron chi connectivity index (χ0n) is 12.2. The minimum absolute atomic E-state index is 0.0873. The van der Waals surface area contributed by atoms with Gasteiger partial charge in [-0.25, -0.2) is 4.79 Å². The molecule has 1 aromatic heterocycles. The molecule has 21 heavy (non-hydrogen) atoms. The predicted octanol–water partition coefficient (Wildman–Crippen LogP) is 0.861. The lowest BCUT2D eigenvalue weighted by Crippen LogP contribution is -2.48. The topological polar surface area (TPSA) is 79.6 Å². The minimum atomic E-state index is -0.147. The van der Waals surface area contributed by atoms with Crippen molar-refractivity contribution in [3.63, 3.8) is 0 Å². The summed E-state index contributed by atoms with van der Waals surface area (Å²) < 4.78 is 6.72. The van der Waals surface area contributed by atoms with Crippen molar-refractivity contribution in [2.75, 3.05) is 43.7 Å². The molecule has 0 unspecified atom stereocenters. The molecule has 1 saturated heterocycles. The number of aliphatic hydroxyl groups excluding tert-OH is 1. The molecule has 0 radical (unpaired) electrons. The first kappa shape index (κ1) is 16.1. The maximum Gasteiger partial charge on any atom is 0.323 e. The first-order chi connectivity index (χ1) is 10.2. The molecule has 8 heteroatoms. The summed E-state index contributed by atoms with van der Waals surface area (Å²) in [6, 6.07) is 1.71. The molecule has 2 heterocycles. The molecule has 0 aromatic carbocycles. The van der Waals surface area contributed by atoms with Gasteiger partial charge in [-0.1, -0.05) is 0 Å². The highest BCUT2D eigenvalue weighted by Gasteiger charge is 2.26. The van der Waals surface area contributed by atoms with E-state index in [9.17, 15) is 4.79 Å². The number of nitrogens with zero attached hydrogens (tertiary/aromatic N) is 3. The SMILES string of the molecule is COCCn1ccc(NC(=O)N2CCSC[C@H]2CCO)n1. The lowest BCUT2D eigenvalue weighted by atomic mass is 10.2. The van der Waals surface area contributed by atoms with E-state index in [1.54, 1.807) is 22.8 Å². The smallest absolute Gasteiger partial charge is 0.323 e. The minimum Gasteiger partial charge on any atom is -0.396 e. The second-order valence-electron chi connectivity index (χ2n) is 4.82. The molecule has 2 amide bonds. The van der Waals surface area contributed by atoms with Gasteiger partial charge in [-0.05, 0) is 6.42 Å². The quantitative estimate of drug-likeness (QED) is 0.814. The summed E-state index contributed by atoms with van der Waals surface area (Å²) >= 11 is 1.82. The molecule has 1 atom stereocenters. The van der Waals surface area contributed by atoms with Crippen LogP contribution in [0.3, 0.4) is 0 Å². The van der Waals surface area contributed by atoms with E-state index in [1.165, 1.54) is 0 Å². The number of carbonyl (C=O) groups excluding carboxylic acids is 1. The van der Waals surface area contributed by atoms with E-state index >= 15 is 0 Å². The summed E-state index contributed by atoms with van der Waals surface area (Å²) in [6.07, 6.45) is 2.43. The summed E-state index contributed by atoms with van der Waals surface area (Å²) in [5.41, 5.74) is 0. The number of urea groups is 1. The van der Waals surface area contributed by atoms with Crippen LogP contribution in [0.1, 0.15) is 6.42 Å². The Morgan fingerprint density at radius 1 is 1.67 bits per heavy atom. The fourth-order valence-electron chi connectivity index (χ4n) is 2.23. The molecule has 2 N–H and O–H groups in total. The van der Waals surface area contributed by atoms with Crippen LogP contribution in [0, 0.1) is 0 Å². The summed E-state index contributed by atoms with van der Waals surface area (Å²) in [5, 5.41) is 16.2. The van der Waals surface area contributed by atoms with Gasteiger partial charge in [-0.15, -0.1) is 0 Å². The van der Waals surface area contributed by atoms with E-state index in [2.05, 4.69) is 10.4 Å². The summed E-state index contributed by atoms with van der Waals surface area (Å²) in [5.74, 6) is 2.34. The number of nitrogens with one attached hydrogen (secondary N) is 1. The maximum atomic E-state index is 12.3. The van der Waals surface area contributed by atoms with Crippen molar-refractivity contribution < 1.29 is 14.6 Å². The first-order valence-electron chi connectivity index (χ1n) is 7.03. The molecule has 118 valence electrons. The number of hydrogen-bond acceptors (Lipinski definition) is 5. The summed E-state index contributed by atoms with van der Waals surface area (Å²) in [6.45, 7) is 2.03. The van der Waals surface area contributed by atoms with Gasteiger partial charge in [0.15, 0.2) is 5.82 Å². The molecule has 0 aliphatic carbocycles. The van der Waals surface area contributed by atoms with Gasteiger partial charge in [-0.3, -0.25) is 10.00 Å². The Morgan fingerprint density at radius 3 is 3.29 bits per heavy atom. The van der Waals surface area contributed by atoms with Crippen LogP contribution in [0.15, 0.2) is 12.3 Å². The molecule has 0 bridgehead atoms. The van der Waals surface area contributed by atoms with Crippen LogP contribution in [-0.4, -0.2) is 70.2 Å². The highest BCUT2D eigenvalue weighted by molar-refractivity contribution is 7.99. The van der Waals surface area contributed by atoms with E-state index in [-0.39, 0.29) is 18.7 Å². The number of amides is 2. The van der Waals surface area contributed by atoms with Gasteiger partial charge < -0.3 is 14.7 Å². The van der Waals surface area contributed by atoms with Gasteiger partial charge in [0, 0.05) is 50.1 Å². The molecule has 2 rings (SSSR count). The molecular formula is C13H22N4O3S. The van der Waals surface area contributed by atoms with Gasteiger partial charge >= 0.3 is 6.03 Å². The molecule has 1 aliphatic heterocycles. The fraction of sp³-hybridized carbons (Fsp3) is 0.692. The van der Waals surface area contributed by atoms with E-state index in [4.69, 9.17) is 9.84 Å².